The van der Waals surface area contributed by atoms with Crippen molar-refractivity contribution in [1.29, 1.82) is 0 Å². The van der Waals surface area contributed by atoms with E-state index >= 15 is 8.78 Å². The molecule has 1 heterocycles. The Morgan fingerprint density at radius 1 is 1.06 bits per heavy atom. The predicted octanol–water partition coefficient (Wildman–Crippen LogP) is 5.06. The van der Waals surface area contributed by atoms with Crippen molar-refractivity contribution in [3.8, 4) is 11.4 Å². The average Bonchev–Trinajstić information content (AvgIpc) is 3.47. The van der Waals surface area contributed by atoms with Crippen LogP contribution < -0.4 is 9.64 Å². The van der Waals surface area contributed by atoms with Crippen molar-refractivity contribution < 1.29 is 41.1 Å². The molecule has 0 aliphatic rings. The number of methoxy groups -OCH3 is 1. The summed E-state index contributed by atoms with van der Waals surface area (Å²) >= 11 is 6.27. The molecule has 9 nitrogen and oxygen atoms in total. The summed E-state index contributed by atoms with van der Waals surface area (Å²) in [7, 11) is 1.82. The Kier molecular flexibility index (Phi) is 11.9. The number of hydrogen-bond acceptors (Lipinski definition) is 5. The SMILES string of the molecule is COc1cc(C(C)(C)c2cnc(CCc3c(F)cc(S(=O)(=O)N(C)C(CCC[NH+](C)C)C(=O)O)cc3F)n2-c2ccc(F)cc2)ccc1Cl. The highest BCUT2D eigenvalue weighted by Gasteiger charge is 2.34. The molecular formula is C35H41ClF3N4O5S+. The van der Waals surface area contributed by atoms with Crippen molar-refractivity contribution in [3.05, 3.63) is 106 Å². The third kappa shape index (κ3) is 8.29. The molecule has 0 saturated heterocycles. The molecule has 1 unspecified atom stereocenters. The van der Waals surface area contributed by atoms with Crippen LogP contribution in [0.1, 0.15) is 49.3 Å². The van der Waals surface area contributed by atoms with Gasteiger partial charge < -0.3 is 14.7 Å². The summed E-state index contributed by atoms with van der Waals surface area (Å²) < 4.78 is 79.5. The number of aliphatic carboxylic acids is 1. The molecule has 49 heavy (non-hydrogen) atoms. The van der Waals surface area contributed by atoms with Crippen LogP contribution in [0.2, 0.25) is 5.02 Å². The lowest BCUT2D eigenvalue weighted by Gasteiger charge is -2.28. The zero-order chi connectivity index (χ0) is 36.3. The van der Waals surface area contributed by atoms with Crippen molar-refractivity contribution in [3.63, 3.8) is 0 Å². The van der Waals surface area contributed by atoms with Gasteiger partial charge in [-0.3, -0.25) is 9.36 Å². The maximum atomic E-state index is 15.5. The van der Waals surface area contributed by atoms with E-state index in [1.54, 1.807) is 29.0 Å². The van der Waals surface area contributed by atoms with Crippen LogP contribution in [0, 0.1) is 17.5 Å². The number of sulfonamides is 1. The molecule has 0 fully saturated rings. The summed E-state index contributed by atoms with van der Waals surface area (Å²) in [5.74, 6) is -3.08. The standard InChI is InChI=1S/C35H40ClF3N4O5S/c1-35(2,22-9-15-27(36)31(18-22)48-6)32-21-40-33(43(32)24-12-10-23(37)11-13-24)16-14-26-28(38)19-25(20-29(26)39)49(46,47)42(5)30(34(44)45)8-7-17-41(3)4/h9-13,15,18-21,30H,7-8,14,16-17H2,1-6H3,(H,44,45)/p+1. The average molecular weight is 722 g/mol. The summed E-state index contributed by atoms with van der Waals surface area (Å²) in [5, 5.41) is 10.2. The van der Waals surface area contributed by atoms with Crippen LogP contribution in [-0.4, -0.2) is 74.2 Å². The summed E-state index contributed by atoms with van der Waals surface area (Å²) in [5.41, 5.74) is 1.05. The van der Waals surface area contributed by atoms with Crippen LogP contribution in [0.25, 0.3) is 5.69 Å². The second kappa shape index (κ2) is 15.3. The predicted molar refractivity (Wildman–Crippen MR) is 181 cm³/mol. The number of carboxylic acids is 1. The van der Waals surface area contributed by atoms with Crippen molar-refractivity contribution in [2.75, 3.05) is 34.8 Å². The van der Waals surface area contributed by atoms with Gasteiger partial charge in [0.2, 0.25) is 10.0 Å². The van der Waals surface area contributed by atoms with E-state index in [1.165, 1.54) is 19.2 Å². The van der Waals surface area contributed by atoms with Gasteiger partial charge in [0, 0.05) is 36.3 Å². The number of likely N-dealkylation sites (N-methyl/N-ethyl adjacent to an activating group) is 1. The Bertz CT molecular complexity index is 1890. The van der Waals surface area contributed by atoms with Crippen molar-refractivity contribution in [1.82, 2.24) is 13.9 Å². The van der Waals surface area contributed by atoms with Gasteiger partial charge in [-0.25, -0.2) is 26.6 Å². The van der Waals surface area contributed by atoms with Crippen LogP contribution in [-0.2, 0) is 33.1 Å². The molecule has 4 aromatic rings. The zero-order valence-electron chi connectivity index (χ0n) is 28.2. The quantitative estimate of drug-likeness (QED) is 0.178. The van der Waals surface area contributed by atoms with Gasteiger partial charge in [-0.1, -0.05) is 31.5 Å². The number of carbonyl (C=O) groups is 1. The van der Waals surface area contributed by atoms with Gasteiger partial charge in [0.05, 0.1) is 43.4 Å². The molecule has 14 heteroatoms. The number of benzene rings is 3. The molecule has 3 aromatic carbocycles. The minimum Gasteiger partial charge on any atom is -0.495 e. The van der Waals surface area contributed by atoms with E-state index in [1.807, 2.05) is 40.1 Å². The van der Waals surface area contributed by atoms with E-state index in [0.29, 0.717) is 57.4 Å². The molecule has 1 atom stereocenters. The minimum atomic E-state index is -4.55. The number of quaternary nitrogens is 1. The summed E-state index contributed by atoms with van der Waals surface area (Å²) in [6, 6.07) is 11.1. The largest absolute Gasteiger partial charge is 0.495 e. The van der Waals surface area contributed by atoms with Crippen LogP contribution in [0.5, 0.6) is 5.75 Å². The van der Waals surface area contributed by atoms with E-state index < -0.39 is 49.8 Å². The van der Waals surface area contributed by atoms with Gasteiger partial charge in [-0.2, -0.15) is 4.31 Å². The molecule has 0 aliphatic heterocycles. The Morgan fingerprint density at radius 2 is 1.69 bits per heavy atom. The van der Waals surface area contributed by atoms with Gasteiger partial charge in [0.25, 0.3) is 0 Å². The van der Waals surface area contributed by atoms with E-state index in [0.717, 1.165) is 17.5 Å². The Morgan fingerprint density at radius 3 is 2.27 bits per heavy atom. The van der Waals surface area contributed by atoms with Gasteiger partial charge in [0.15, 0.2) is 0 Å². The molecule has 0 radical (unpaired) electrons. The molecule has 0 amide bonds. The lowest BCUT2D eigenvalue weighted by Crippen LogP contribution is -3.05. The molecule has 264 valence electrons. The van der Waals surface area contributed by atoms with Crippen molar-refractivity contribution >= 4 is 27.6 Å². The van der Waals surface area contributed by atoms with Gasteiger partial charge >= 0.3 is 5.97 Å². The first-order chi connectivity index (χ1) is 23.0. The summed E-state index contributed by atoms with van der Waals surface area (Å²) in [6.07, 6.45) is 1.96. The molecule has 0 saturated carbocycles. The molecule has 0 aliphatic carbocycles. The third-order valence-corrected chi connectivity index (χ3v) is 10.9. The fourth-order valence-corrected chi connectivity index (χ4v) is 7.29. The fraction of sp³-hybridized carbons (Fsp3) is 0.371. The van der Waals surface area contributed by atoms with E-state index in [2.05, 4.69) is 4.98 Å². The zero-order valence-corrected chi connectivity index (χ0v) is 29.8. The monoisotopic (exact) mass is 721 g/mol. The molecule has 2 N–H and O–H groups in total. The Labute approximate surface area is 290 Å². The molecule has 0 spiro atoms. The minimum absolute atomic E-state index is 0.0321. The molecule has 0 bridgehead atoms. The number of hydrogen-bond donors (Lipinski definition) is 2. The highest BCUT2D eigenvalue weighted by Crippen LogP contribution is 2.38. The first kappa shape index (κ1) is 37.9. The second-order valence-corrected chi connectivity index (χ2v) is 15.1. The van der Waals surface area contributed by atoms with Crippen molar-refractivity contribution in [2.24, 2.45) is 0 Å². The van der Waals surface area contributed by atoms with Crippen LogP contribution in [0.3, 0.4) is 0 Å². The number of imidazole rings is 1. The Balaban J connectivity index is 1.67. The van der Waals surface area contributed by atoms with Gasteiger partial charge in [0.1, 0.15) is 35.1 Å². The van der Waals surface area contributed by atoms with Crippen LogP contribution in [0.15, 0.2) is 65.7 Å². The number of aromatic nitrogens is 2. The summed E-state index contributed by atoms with van der Waals surface area (Å²) in [6.45, 7) is 4.54. The highest BCUT2D eigenvalue weighted by atomic mass is 35.5. The molecule has 1 aromatic heterocycles. The van der Waals surface area contributed by atoms with E-state index in [9.17, 15) is 22.7 Å². The lowest BCUT2D eigenvalue weighted by molar-refractivity contribution is -0.858. The smallest absolute Gasteiger partial charge is 0.322 e. The van der Waals surface area contributed by atoms with Crippen molar-refractivity contribution in [2.45, 2.75) is 55.9 Å². The van der Waals surface area contributed by atoms with Gasteiger partial charge in [-0.05, 0) is 73.4 Å². The van der Waals surface area contributed by atoms with E-state index in [4.69, 9.17) is 16.3 Å². The fourth-order valence-electron chi connectivity index (χ4n) is 5.73. The third-order valence-electron chi connectivity index (χ3n) is 8.70. The number of ether oxygens (including phenoxy) is 1. The maximum absolute atomic E-state index is 15.5. The molecule has 4 rings (SSSR count). The number of rotatable bonds is 15. The Hall–Kier alpha value is -3.91. The van der Waals surface area contributed by atoms with Crippen LogP contribution >= 0.6 is 11.6 Å². The van der Waals surface area contributed by atoms with E-state index in [-0.39, 0.29) is 24.8 Å². The number of halogens is 4. The lowest BCUT2D eigenvalue weighted by atomic mass is 9.81. The topological polar surface area (TPSA) is 106 Å². The molecular weight excluding hydrogens is 681 g/mol. The first-order valence-corrected chi connectivity index (χ1v) is 17.5. The first-order valence-electron chi connectivity index (χ1n) is 15.6. The van der Waals surface area contributed by atoms with Crippen LogP contribution in [0.4, 0.5) is 13.2 Å². The second-order valence-electron chi connectivity index (χ2n) is 12.7. The summed E-state index contributed by atoms with van der Waals surface area (Å²) in [4.78, 5) is 16.9. The number of aryl methyl sites for hydroxylation is 1. The number of nitrogens with one attached hydrogen (secondary N) is 1. The maximum Gasteiger partial charge on any atom is 0.322 e. The highest BCUT2D eigenvalue weighted by molar-refractivity contribution is 7.89. The normalized spacial score (nSPS) is 12.9. The van der Waals surface area contributed by atoms with Gasteiger partial charge in [-0.15, -0.1) is 0 Å². The number of nitrogens with zero attached hydrogens (tertiary/aromatic N) is 3. The number of carboxylic acid groups (broad SMARTS) is 1.